The molecule has 0 bridgehead atoms. The van der Waals surface area contributed by atoms with E-state index in [-0.39, 0.29) is 17.9 Å². The molecule has 0 heterocycles. The number of primary sulfonamides is 1. The molecule has 6 nitrogen and oxygen atoms in total. The van der Waals surface area contributed by atoms with E-state index in [2.05, 4.69) is 0 Å². The summed E-state index contributed by atoms with van der Waals surface area (Å²) in [5.74, 6) is -0.836. The van der Waals surface area contributed by atoms with Gasteiger partial charge in [0.2, 0.25) is 10.0 Å². The van der Waals surface area contributed by atoms with Crippen LogP contribution in [0.3, 0.4) is 0 Å². The summed E-state index contributed by atoms with van der Waals surface area (Å²) in [4.78, 5) is 9.77. The summed E-state index contributed by atoms with van der Waals surface area (Å²) in [7, 11) is -3.58. The van der Waals surface area contributed by atoms with Gasteiger partial charge in [-0.3, -0.25) is 4.79 Å². The van der Waals surface area contributed by atoms with Gasteiger partial charge in [0.05, 0.1) is 11.3 Å². The van der Waals surface area contributed by atoms with Crippen molar-refractivity contribution in [3.63, 3.8) is 0 Å². The van der Waals surface area contributed by atoms with Crippen LogP contribution < -0.4 is 10.9 Å². The number of aryl methyl sites for hydroxylation is 3. The molecule has 0 fully saturated rings. The SMILES string of the molecule is Cc1cc(C)c(S(N)(=O)=O)c(C)c1.NCCC(=O)O. The molecule has 0 saturated carbocycles. The molecule has 0 spiro atoms. The minimum Gasteiger partial charge on any atom is -0.481 e. The highest BCUT2D eigenvalue weighted by atomic mass is 32.2. The van der Waals surface area contributed by atoms with Gasteiger partial charge >= 0.3 is 5.97 Å². The first-order valence-corrected chi connectivity index (χ1v) is 7.16. The van der Waals surface area contributed by atoms with Gasteiger partial charge in [0.1, 0.15) is 0 Å². The molecule has 0 aliphatic carbocycles. The molecule has 0 unspecified atom stereocenters. The van der Waals surface area contributed by atoms with Crippen LogP contribution in [0.2, 0.25) is 0 Å². The van der Waals surface area contributed by atoms with Crippen molar-refractivity contribution >= 4 is 16.0 Å². The Kier molecular flexibility index (Phi) is 6.68. The van der Waals surface area contributed by atoms with Crippen LogP contribution in [0, 0.1) is 20.8 Å². The Bertz CT molecular complexity index is 530. The predicted octanol–water partition coefficient (Wildman–Crippen LogP) is 0.679. The largest absolute Gasteiger partial charge is 0.481 e. The van der Waals surface area contributed by atoms with Gasteiger partial charge in [0.15, 0.2) is 0 Å². The predicted molar refractivity (Wildman–Crippen MR) is 73.3 cm³/mol. The molecule has 1 rings (SSSR count). The third-order valence-corrected chi connectivity index (χ3v) is 3.46. The number of benzene rings is 1. The van der Waals surface area contributed by atoms with Crippen molar-refractivity contribution in [2.45, 2.75) is 32.1 Å². The molecule has 108 valence electrons. The standard InChI is InChI=1S/C9H13NO2S.C3H7NO2/c1-6-4-7(2)9(8(3)5-6)13(10,11)12;4-2-1-3(5)6/h4-5H,1-3H3,(H2,10,11,12);1-2,4H2,(H,5,6). The van der Waals surface area contributed by atoms with E-state index in [1.807, 2.05) is 19.1 Å². The highest BCUT2D eigenvalue weighted by Crippen LogP contribution is 2.19. The minimum atomic E-state index is -3.58. The quantitative estimate of drug-likeness (QED) is 0.754. The highest BCUT2D eigenvalue weighted by Gasteiger charge is 2.14. The molecule has 0 saturated heterocycles. The minimum absolute atomic E-state index is 0.0694. The van der Waals surface area contributed by atoms with Crippen molar-refractivity contribution in [2.75, 3.05) is 6.54 Å². The number of rotatable bonds is 3. The number of hydrogen-bond acceptors (Lipinski definition) is 4. The van der Waals surface area contributed by atoms with Crippen LogP contribution >= 0.6 is 0 Å². The van der Waals surface area contributed by atoms with Gasteiger partial charge in [0.25, 0.3) is 0 Å². The second-order valence-corrected chi connectivity index (χ2v) is 5.70. The molecular weight excluding hydrogens is 268 g/mol. The number of carbonyl (C=O) groups is 1. The Morgan fingerprint density at radius 1 is 1.21 bits per heavy atom. The molecule has 7 heteroatoms. The zero-order valence-corrected chi connectivity index (χ0v) is 12.1. The molecule has 0 amide bonds. The Labute approximate surface area is 113 Å². The molecule has 0 aliphatic heterocycles. The highest BCUT2D eigenvalue weighted by molar-refractivity contribution is 7.89. The Morgan fingerprint density at radius 2 is 1.63 bits per heavy atom. The fourth-order valence-corrected chi connectivity index (χ4v) is 2.75. The second kappa shape index (κ2) is 7.22. The summed E-state index contributed by atoms with van der Waals surface area (Å²) in [5.41, 5.74) is 7.31. The average Bonchev–Trinajstić information content (AvgIpc) is 2.13. The van der Waals surface area contributed by atoms with Crippen molar-refractivity contribution in [2.24, 2.45) is 10.9 Å². The summed E-state index contributed by atoms with van der Waals surface area (Å²) in [5, 5.41) is 12.9. The van der Waals surface area contributed by atoms with Gasteiger partial charge < -0.3 is 10.8 Å². The van der Waals surface area contributed by atoms with Gasteiger partial charge in [-0.25, -0.2) is 13.6 Å². The number of nitrogens with two attached hydrogens (primary N) is 2. The molecular formula is C12H20N2O4S. The van der Waals surface area contributed by atoms with Crippen LogP contribution in [-0.4, -0.2) is 26.0 Å². The second-order valence-electron chi connectivity index (χ2n) is 4.21. The normalized spacial score (nSPS) is 10.6. The third kappa shape index (κ3) is 6.32. The van der Waals surface area contributed by atoms with Gasteiger partial charge in [-0.05, 0) is 31.9 Å². The van der Waals surface area contributed by atoms with Crippen LogP contribution in [0.1, 0.15) is 23.1 Å². The maximum Gasteiger partial charge on any atom is 0.304 e. The number of sulfonamides is 1. The number of carboxylic acids is 1. The monoisotopic (exact) mass is 288 g/mol. The summed E-state index contributed by atoms with van der Waals surface area (Å²) in [6.45, 7) is 5.65. The fraction of sp³-hybridized carbons (Fsp3) is 0.417. The maximum absolute atomic E-state index is 11.2. The topological polar surface area (TPSA) is 123 Å². The Hall–Kier alpha value is -1.44. The number of hydrogen-bond donors (Lipinski definition) is 3. The average molecular weight is 288 g/mol. The third-order valence-electron chi connectivity index (χ3n) is 2.25. The van der Waals surface area contributed by atoms with E-state index in [1.54, 1.807) is 13.8 Å². The van der Waals surface area contributed by atoms with Gasteiger partial charge in [0, 0.05) is 6.54 Å². The van der Waals surface area contributed by atoms with Gasteiger partial charge in [-0.1, -0.05) is 17.7 Å². The summed E-state index contributed by atoms with van der Waals surface area (Å²) < 4.78 is 22.3. The molecule has 0 aromatic heterocycles. The van der Waals surface area contributed by atoms with Crippen molar-refractivity contribution < 1.29 is 18.3 Å². The van der Waals surface area contributed by atoms with E-state index in [4.69, 9.17) is 16.0 Å². The number of aliphatic carboxylic acids is 1. The first kappa shape index (κ1) is 17.6. The van der Waals surface area contributed by atoms with Crippen LogP contribution in [0.5, 0.6) is 0 Å². The van der Waals surface area contributed by atoms with Gasteiger partial charge in [-0.2, -0.15) is 0 Å². The van der Waals surface area contributed by atoms with E-state index < -0.39 is 16.0 Å². The number of carboxylic acid groups (broad SMARTS) is 1. The molecule has 1 aromatic rings. The summed E-state index contributed by atoms with van der Waals surface area (Å²) >= 11 is 0. The lowest BCUT2D eigenvalue weighted by atomic mass is 10.1. The molecule has 1 aromatic carbocycles. The van der Waals surface area contributed by atoms with E-state index in [0.29, 0.717) is 11.1 Å². The van der Waals surface area contributed by atoms with Crippen LogP contribution in [0.4, 0.5) is 0 Å². The van der Waals surface area contributed by atoms with E-state index in [1.165, 1.54) is 0 Å². The van der Waals surface area contributed by atoms with Crippen molar-refractivity contribution in [3.8, 4) is 0 Å². The van der Waals surface area contributed by atoms with E-state index >= 15 is 0 Å². The van der Waals surface area contributed by atoms with Crippen molar-refractivity contribution in [1.82, 2.24) is 0 Å². The zero-order chi connectivity index (χ0) is 15.2. The fourth-order valence-electron chi connectivity index (χ4n) is 1.74. The lowest BCUT2D eigenvalue weighted by molar-refractivity contribution is -0.136. The molecule has 0 aliphatic rings. The molecule has 0 radical (unpaired) electrons. The lowest BCUT2D eigenvalue weighted by Gasteiger charge is -2.08. The van der Waals surface area contributed by atoms with Gasteiger partial charge in [-0.15, -0.1) is 0 Å². The Balaban J connectivity index is 0.000000459. The van der Waals surface area contributed by atoms with Crippen LogP contribution in [0.15, 0.2) is 17.0 Å². The summed E-state index contributed by atoms with van der Waals surface area (Å²) in [6, 6.07) is 3.62. The summed E-state index contributed by atoms with van der Waals surface area (Å²) in [6.07, 6.45) is 0.0694. The molecule has 0 atom stereocenters. The van der Waals surface area contributed by atoms with Crippen LogP contribution in [-0.2, 0) is 14.8 Å². The first-order valence-electron chi connectivity index (χ1n) is 5.62. The maximum atomic E-state index is 11.2. The van der Waals surface area contributed by atoms with Crippen molar-refractivity contribution in [1.29, 1.82) is 0 Å². The van der Waals surface area contributed by atoms with E-state index in [0.717, 1.165) is 5.56 Å². The smallest absolute Gasteiger partial charge is 0.304 e. The van der Waals surface area contributed by atoms with Crippen molar-refractivity contribution in [3.05, 3.63) is 28.8 Å². The molecule has 19 heavy (non-hydrogen) atoms. The van der Waals surface area contributed by atoms with E-state index in [9.17, 15) is 13.2 Å². The first-order chi connectivity index (χ1) is 8.59. The zero-order valence-electron chi connectivity index (χ0n) is 11.3. The molecule has 5 N–H and O–H groups in total. The van der Waals surface area contributed by atoms with Crippen LogP contribution in [0.25, 0.3) is 0 Å². The Morgan fingerprint density at radius 3 is 1.84 bits per heavy atom. The lowest BCUT2D eigenvalue weighted by Crippen LogP contribution is -2.15.